The molecule has 104 valence electrons. The summed E-state index contributed by atoms with van der Waals surface area (Å²) >= 11 is 3.21. The first kappa shape index (κ1) is 14.6. The van der Waals surface area contributed by atoms with E-state index in [1.54, 1.807) is 11.3 Å². The highest BCUT2D eigenvalue weighted by atomic mass is 32.1. The molecule has 0 amide bonds. The van der Waals surface area contributed by atoms with Gasteiger partial charge in [-0.25, -0.2) is 0 Å². The number of nitrogens with zero attached hydrogens (tertiary/aromatic N) is 3. The summed E-state index contributed by atoms with van der Waals surface area (Å²) in [6, 6.07) is 0.277. The van der Waals surface area contributed by atoms with Crippen molar-refractivity contribution in [2.24, 2.45) is 0 Å². The number of aromatic nitrogens is 3. The van der Waals surface area contributed by atoms with Crippen LogP contribution in [0, 0.1) is 0 Å². The van der Waals surface area contributed by atoms with Crippen LogP contribution < -0.4 is 5.32 Å². The SMILES string of the molecule is CCNC(Cc1cncs1)c1snnc1C(C)(C)C. The number of hydrogen-bond donors (Lipinski definition) is 1. The molecule has 0 saturated heterocycles. The molecule has 0 aliphatic carbocycles. The van der Waals surface area contributed by atoms with E-state index in [0.717, 1.165) is 18.7 Å². The quantitative estimate of drug-likeness (QED) is 0.920. The Labute approximate surface area is 122 Å². The summed E-state index contributed by atoms with van der Waals surface area (Å²) in [6.07, 6.45) is 2.89. The lowest BCUT2D eigenvalue weighted by atomic mass is 9.89. The molecule has 1 N–H and O–H groups in total. The van der Waals surface area contributed by atoms with E-state index in [4.69, 9.17) is 0 Å². The van der Waals surface area contributed by atoms with Crippen LogP contribution in [-0.4, -0.2) is 21.1 Å². The van der Waals surface area contributed by atoms with Gasteiger partial charge in [-0.15, -0.1) is 16.4 Å². The van der Waals surface area contributed by atoms with Crippen molar-refractivity contribution in [3.8, 4) is 0 Å². The van der Waals surface area contributed by atoms with E-state index in [9.17, 15) is 0 Å². The fraction of sp³-hybridized carbons (Fsp3) is 0.615. The Morgan fingerprint density at radius 1 is 1.37 bits per heavy atom. The van der Waals surface area contributed by atoms with Gasteiger partial charge < -0.3 is 5.32 Å². The molecule has 2 aromatic heterocycles. The molecule has 0 aliphatic heterocycles. The van der Waals surface area contributed by atoms with E-state index in [1.807, 2.05) is 11.7 Å². The van der Waals surface area contributed by atoms with E-state index in [2.05, 4.69) is 47.6 Å². The molecule has 0 radical (unpaired) electrons. The maximum absolute atomic E-state index is 4.34. The third-order valence-electron chi connectivity index (χ3n) is 2.88. The normalized spacial score (nSPS) is 13.7. The van der Waals surface area contributed by atoms with Gasteiger partial charge in [-0.1, -0.05) is 32.2 Å². The van der Waals surface area contributed by atoms with Crippen molar-refractivity contribution in [2.45, 2.75) is 45.6 Å². The van der Waals surface area contributed by atoms with Crippen molar-refractivity contribution in [3.63, 3.8) is 0 Å². The van der Waals surface area contributed by atoms with E-state index in [1.165, 1.54) is 21.3 Å². The molecule has 2 heterocycles. The van der Waals surface area contributed by atoms with Gasteiger partial charge in [0.05, 0.1) is 16.1 Å². The van der Waals surface area contributed by atoms with Crippen LogP contribution in [-0.2, 0) is 11.8 Å². The number of hydrogen-bond acceptors (Lipinski definition) is 6. The molecule has 6 heteroatoms. The van der Waals surface area contributed by atoms with Crippen LogP contribution in [0.15, 0.2) is 11.7 Å². The third-order valence-corrected chi connectivity index (χ3v) is 4.52. The standard InChI is InChI=1S/C13H20N4S2/c1-5-15-10(6-9-7-14-8-18-9)11-12(13(2,3)4)16-17-19-11/h7-8,10,15H,5-6H2,1-4H3. The summed E-state index contributed by atoms with van der Waals surface area (Å²) in [5.41, 5.74) is 3.02. The summed E-state index contributed by atoms with van der Waals surface area (Å²) in [7, 11) is 0. The Morgan fingerprint density at radius 3 is 2.74 bits per heavy atom. The molecule has 0 fully saturated rings. The van der Waals surface area contributed by atoms with Gasteiger partial charge in [-0.05, 0) is 18.1 Å². The van der Waals surface area contributed by atoms with Crippen LogP contribution in [0.25, 0.3) is 0 Å². The van der Waals surface area contributed by atoms with Gasteiger partial charge in [0, 0.05) is 29.0 Å². The number of nitrogens with one attached hydrogen (secondary N) is 1. The molecule has 0 aliphatic rings. The summed E-state index contributed by atoms with van der Waals surface area (Å²) in [5, 5.41) is 7.88. The smallest absolute Gasteiger partial charge is 0.0857 e. The minimum absolute atomic E-state index is 0.0315. The molecular weight excluding hydrogens is 276 g/mol. The number of rotatable bonds is 5. The van der Waals surface area contributed by atoms with Crippen molar-refractivity contribution in [2.75, 3.05) is 6.54 Å². The Morgan fingerprint density at radius 2 is 2.16 bits per heavy atom. The van der Waals surface area contributed by atoms with Crippen LogP contribution in [0.4, 0.5) is 0 Å². The molecule has 0 saturated carbocycles. The van der Waals surface area contributed by atoms with Crippen LogP contribution in [0.1, 0.15) is 49.2 Å². The van der Waals surface area contributed by atoms with Crippen LogP contribution in [0.2, 0.25) is 0 Å². The minimum atomic E-state index is 0.0315. The predicted octanol–water partition coefficient (Wildman–Crippen LogP) is 3.19. The highest BCUT2D eigenvalue weighted by Crippen LogP contribution is 2.32. The Balaban J connectivity index is 2.26. The molecular formula is C13H20N4S2. The van der Waals surface area contributed by atoms with Crippen molar-refractivity contribution >= 4 is 22.9 Å². The molecule has 4 nitrogen and oxygen atoms in total. The first-order chi connectivity index (χ1) is 9.02. The van der Waals surface area contributed by atoms with Gasteiger partial charge in [0.1, 0.15) is 0 Å². The van der Waals surface area contributed by atoms with Gasteiger partial charge in [-0.3, -0.25) is 4.98 Å². The van der Waals surface area contributed by atoms with Crippen molar-refractivity contribution in [1.82, 2.24) is 19.9 Å². The monoisotopic (exact) mass is 296 g/mol. The zero-order valence-electron chi connectivity index (χ0n) is 11.8. The molecule has 2 aromatic rings. The second-order valence-corrected chi connectivity index (χ2v) is 7.27. The lowest BCUT2D eigenvalue weighted by Gasteiger charge is -2.22. The van der Waals surface area contributed by atoms with Crippen LogP contribution >= 0.6 is 22.9 Å². The summed E-state index contributed by atoms with van der Waals surface area (Å²) < 4.78 is 4.16. The topological polar surface area (TPSA) is 50.7 Å². The molecule has 0 bridgehead atoms. The Bertz CT molecular complexity index is 499. The second-order valence-electron chi connectivity index (χ2n) is 5.52. The molecule has 0 aromatic carbocycles. The average molecular weight is 296 g/mol. The molecule has 1 atom stereocenters. The Hall–Kier alpha value is -0.850. The first-order valence-corrected chi connectivity index (χ1v) is 8.11. The summed E-state index contributed by atoms with van der Waals surface area (Å²) in [6.45, 7) is 9.62. The molecule has 1 unspecified atom stereocenters. The van der Waals surface area contributed by atoms with Gasteiger partial charge in [0.25, 0.3) is 0 Å². The van der Waals surface area contributed by atoms with E-state index in [-0.39, 0.29) is 11.5 Å². The fourth-order valence-corrected chi connectivity index (χ4v) is 3.57. The predicted molar refractivity (Wildman–Crippen MR) is 80.8 cm³/mol. The maximum atomic E-state index is 4.34. The van der Waals surface area contributed by atoms with E-state index < -0.39 is 0 Å². The van der Waals surface area contributed by atoms with Gasteiger partial charge >= 0.3 is 0 Å². The first-order valence-electron chi connectivity index (χ1n) is 6.46. The molecule has 2 rings (SSSR count). The largest absolute Gasteiger partial charge is 0.309 e. The number of thiazole rings is 1. The lowest BCUT2D eigenvalue weighted by Crippen LogP contribution is -2.25. The van der Waals surface area contributed by atoms with Gasteiger partial charge in [-0.2, -0.15) is 0 Å². The second kappa shape index (κ2) is 6.07. The van der Waals surface area contributed by atoms with Crippen LogP contribution in [0.3, 0.4) is 0 Å². The zero-order chi connectivity index (χ0) is 13.9. The van der Waals surface area contributed by atoms with Crippen LogP contribution in [0.5, 0.6) is 0 Å². The highest BCUT2D eigenvalue weighted by molar-refractivity contribution is 7.09. The molecule has 0 spiro atoms. The molecule has 19 heavy (non-hydrogen) atoms. The lowest BCUT2D eigenvalue weighted by molar-refractivity contribution is 0.516. The van der Waals surface area contributed by atoms with Gasteiger partial charge in [0.15, 0.2) is 0 Å². The van der Waals surface area contributed by atoms with Crippen molar-refractivity contribution in [1.29, 1.82) is 0 Å². The van der Waals surface area contributed by atoms with E-state index in [0.29, 0.717) is 0 Å². The zero-order valence-corrected chi connectivity index (χ0v) is 13.4. The minimum Gasteiger partial charge on any atom is -0.309 e. The van der Waals surface area contributed by atoms with E-state index >= 15 is 0 Å². The van der Waals surface area contributed by atoms with Crippen molar-refractivity contribution in [3.05, 3.63) is 27.2 Å². The maximum Gasteiger partial charge on any atom is 0.0857 e. The average Bonchev–Trinajstić information content (AvgIpc) is 2.98. The Kier molecular flexibility index (Phi) is 4.65. The van der Waals surface area contributed by atoms with Gasteiger partial charge in [0.2, 0.25) is 0 Å². The highest BCUT2D eigenvalue weighted by Gasteiger charge is 2.27. The summed E-state index contributed by atoms with van der Waals surface area (Å²) in [5.74, 6) is 0. The summed E-state index contributed by atoms with van der Waals surface area (Å²) in [4.78, 5) is 6.69. The fourth-order valence-electron chi connectivity index (χ4n) is 1.99. The van der Waals surface area contributed by atoms with Crippen molar-refractivity contribution < 1.29 is 0 Å². The third kappa shape index (κ3) is 3.58. The number of likely N-dealkylation sites (N-methyl/N-ethyl adjacent to an activating group) is 1.